The molecule has 4 rings (SSSR count). The third-order valence-corrected chi connectivity index (χ3v) is 5.37. The molecule has 0 aliphatic rings. The summed E-state index contributed by atoms with van der Waals surface area (Å²) in [6.07, 6.45) is 0. The number of benzene rings is 3. The fourth-order valence-corrected chi connectivity index (χ4v) is 3.74. The van der Waals surface area contributed by atoms with E-state index < -0.39 is 0 Å². The van der Waals surface area contributed by atoms with E-state index in [0.29, 0.717) is 35.9 Å². The second-order valence-electron chi connectivity index (χ2n) is 7.15. The number of aromatic nitrogens is 1. The van der Waals surface area contributed by atoms with Gasteiger partial charge in [-0.25, -0.2) is 0 Å². The number of nitrogens with one attached hydrogen (secondary N) is 2. The van der Waals surface area contributed by atoms with Crippen LogP contribution in [0.2, 0.25) is 5.02 Å². The van der Waals surface area contributed by atoms with Gasteiger partial charge >= 0.3 is 0 Å². The van der Waals surface area contributed by atoms with Crippen LogP contribution in [0, 0.1) is 0 Å². The van der Waals surface area contributed by atoms with Crippen LogP contribution in [0.1, 0.15) is 26.4 Å². The highest BCUT2D eigenvalue weighted by atomic mass is 35.5. The first kappa shape index (κ1) is 20.7. The highest BCUT2D eigenvalue weighted by Crippen LogP contribution is 2.21. The Morgan fingerprint density at radius 3 is 2.19 bits per heavy atom. The highest BCUT2D eigenvalue weighted by Gasteiger charge is 2.16. The van der Waals surface area contributed by atoms with E-state index in [0.717, 1.165) is 16.5 Å². The van der Waals surface area contributed by atoms with Gasteiger partial charge in [0.15, 0.2) is 0 Å². The number of carbonyl (C=O) groups is 2. The summed E-state index contributed by atoms with van der Waals surface area (Å²) >= 11 is 6.05. The van der Waals surface area contributed by atoms with E-state index in [1.165, 1.54) is 0 Å². The Morgan fingerprint density at radius 2 is 1.42 bits per heavy atom. The van der Waals surface area contributed by atoms with Crippen molar-refractivity contribution in [2.45, 2.75) is 6.54 Å². The summed E-state index contributed by atoms with van der Waals surface area (Å²) in [6.45, 7) is 1.21. The molecule has 0 fully saturated rings. The molecule has 2 amide bonds. The molecule has 0 radical (unpaired) electrons. The number of para-hydroxylation sites is 1. The van der Waals surface area contributed by atoms with Crippen LogP contribution in [0.25, 0.3) is 10.9 Å². The standard InChI is InChI=1S/C25H22ClN3O2/c26-21-12-6-5-11-20(21)24(30)27-14-15-28-25(31)23-16-19-10-4-7-13-22(19)29(23)17-18-8-2-1-3-9-18/h1-13,16H,14-15,17H2,(H,27,30)(H,28,31). The average molecular weight is 432 g/mol. The number of fused-ring (bicyclic) bond motifs is 1. The molecule has 6 heteroatoms. The average Bonchev–Trinajstić information content (AvgIpc) is 3.16. The van der Waals surface area contributed by atoms with E-state index in [9.17, 15) is 9.59 Å². The molecule has 2 N–H and O–H groups in total. The normalized spacial score (nSPS) is 10.7. The Bertz CT molecular complexity index is 1220. The Labute approximate surface area is 185 Å². The van der Waals surface area contributed by atoms with Gasteiger partial charge in [-0.15, -0.1) is 0 Å². The van der Waals surface area contributed by atoms with Crippen molar-refractivity contribution in [2.75, 3.05) is 13.1 Å². The van der Waals surface area contributed by atoms with Crippen LogP contribution in [0.4, 0.5) is 0 Å². The molecule has 0 saturated carbocycles. The van der Waals surface area contributed by atoms with Gasteiger partial charge in [-0.2, -0.15) is 0 Å². The molecule has 0 unspecified atom stereocenters. The van der Waals surface area contributed by atoms with Crippen LogP contribution < -0.4 is 10.6 Å². The van der Waals surface area contributed by atoms with Crippen molar-refractivity contribution in [3.63, 3.8) is 0 Å². The summed E-state index contributed by atoms with van der Waals surface area (Å²) in [4.78, 5) is 25.2. The number of rotatable bonds is 7. The first-order valence-corrected chi connectivity index (χ1v) is 10.4. The molecule has 1 aromatic heterocycles. The number of nitrogens with zero attached hydrogens (tertiary/aromatic N) is 1. The van der Waals surface area contributed by atoms with Crippen LogP contribution in [0.15, 0.2) is 84.9 Å². The smallest absolute Gasteiger partial charge is 0.268 e. The van der Waals surface area contributed by atoms with Gasteiger partial charge in [-0.05, 0) is 29.8 Å². The summed E-state index contributed by atoms with van der Waals surface area (Å²) in [5.41, 5.74) is 3.12. The Balaban J connectivity index is 1.43. The van der Waals surface area contributed by atoms with E-state index in [2.05, 4.69) is 10.6 Å². The molecule has 0 atom stereocenters. The lowest BCUT2D eigenvalue weighted by molar-refractivity contribution is 0.0923. The lowest BCUT2D eigenvalue weighted by atomic mass is 10.2. The maximum absolute atomic E-state index is 12.9. The predicted molar refractivity (Wildman–Crippen MR) is 124 cm³/mol. The molecule has 0 spiro atoms. The van der Waals surface area contributed by atoms with Crippen LogP contribution in [-0.2, 0) is 6.54 Å². The molecule has 31 heavy (non-hydrogen) atoms. The first-order chi connectivity index (χ1) is 15.1. The number of hydrogen-bond acceptors (Lipinski definition) is 2. The zero-order valence-electron chi connectivity index (χ0n) is 16.8. The SMILES string of the molecule is O=C(NCCNC(=O)c1cc2ccccc2n1Cc1ccccc1)c1ccccc1Cl. The predicted octanol–water partition coefficient (Wildman–Crippen LogP) is 4.50. The van der Waals surface area contributed by atoms with E-state index in [4.69, 9.17) is 11.6 Å². The van der Waals surface area contributed by atoms with Crippen LogP contribution in [-0.4, -0.2) is 29.5 Å². The van der Waals surface area contributed by atoms with Gasteiger partial charge in [0, 0.05) is 30.5 Å². The molecule has 0 saturated heterocycles. The van der Waals surface area contributed by atoms with Gasteiger partial charge in [0.2, 0.25) is 0 Å². The number of amides is 2. The van der Waals surface area contributed by atoms with Crippen LogP contribution >= 0.6 is 11.6 Å². The number of halogens is 1. The topological polar surface area (TPSA) is 63.1 Å². The summed E-state index contributed by atoms with van der Waals surface area (Å²) < 4.78 is 2.02. The minimum Gasteiger partial charge on any atom is -0.350 e. The Morgan fingerprint density at radius 1 is 0.774 bits per heavy atom. The molecule has 5 nitrogen and oxygen atoms in total. The molecule has 3 aromatic carbocycles. The quantitative estimate of drug-likeness (QED) is 0.423. The van der Waals surface area contributed by atoms with Gasteiger partial charge in [-0.1, -0.05) is 72.3 Å². The summed E-state index contributed by atoms with van der Waals surface area (Å²) in [5.74, 6) is -0.447. The lowest BCUT2D eigenvalue weighted by Crippen LogP contribution is -2.35. The van der Waals surface area contributed by atoms with Gasteiger partial charge in [0.05, 0.1) is 10.6 Å². The number of hydrogen-bond donors (Lipinski definition) is 2. The third-order valence-electron chi connectivity index (χ3n) is 5.04. The minimum absolute atomic E-state index is 0.181. The second kappa shape index (κ2) is 9.49. The minimum atomic E-state index is -0.266. The van der Waals surface area contributed by atoms with Crippen molar-refractivity contribution in [1.29, 1.82) is 0 Å². The molecule has 156 valence electrons. The maximum atomic E-state index is 12.9. The maximum Gasteiger partial charge on any atom is 0.268 e. The molecule has 4 aromatic rings. The third kappa shape index (κ3) is 4.78. The zero-order chi connectivity index (χ0) is 21.6. The summed E-state index contributed by atoms with van der Waals surface area (Å²) in [7, 11) is 0. The monoisotopic (exact) mass is 431 g/mol. The molecule has 0 bridgehead atoms. The molecule has 0 aliphatic carbocycles. The van der Waals surface area contributed by atoms with Crippen LogP contribution in [0.5, 0.6) is 0 Å². The Hall–Kier alpha value is -3.57. The second-order valence-corrected chi connectivity index (χ2v) is 7.56. The highest BCUT2D eigenvalue weighted by molar-refractivity contribution is 6.33. The van der Waals surface area contributed by atoms with E-state index >= 15 is 0 Å². The number of carbonyl (C=O) groups excluding carboxylic acids is 2. The largest absolute Gasteiger partial charge is 0.350 e. The van der Waals surface area contributed by atoms with E-state index in [1.54, 1.807) is 24.3 Å². The van der Waals surface area contributed by atoms with Crippen molar-refractivity contribution < 1.29 is 9.59 Å². The van der Waals surface area contributed by atoms with Crippen LogP contribution in [0.3, 0.4) is 0 Å². The van der Waals surface area contributed by atoms with Gasteiger partial charge < -0.3 is 15.2 Å². The molecule has 0 aliphatic heterocycles. The molecule has 1 heterocycles. The van der Waals surface area contributed by atoms with Crippen molar-refractivity contribution in [3.05, 3.63) is 107 Å². The zero-order valence-corrected chi connectivity index (χ0v) is 17.6. The summed E-state index contributed by atoms with van der Waals surface area (Å²) in [5, 5.41) is 7.09. The van der Waals surface area contributed by atoms with Crippen molar-refractivity contribution in [3.8, 4) is 0 Å². The van der Waals surface area contributed by atoms with Crippen molar-refractivity contribution >= 4 is 34.3 Å². The summed E-state index contributed by atoms with van der Waals surface area (Å²) in [6, 6.07) is 26.7. The van der Waals surface area contributed by atoms with E-state index in [-0.39, 0.29) is 11.8 Å². The molecular formula is C25H22ClN3O2. The van der Waals surface area contributed by atoms with Gasteiger partial charge in [-0.3, -0.25) is 9.59 Å². The van der Waals surface area contributed by atoms with Crippen molar-refractivity contribution in [2.24, 2.45) is 0 Å². The van der Waals surface area contributed by atoms with E-state index in [1.807, 2.05) is 65.2 Å². The Kier molecular flexibility index (Phi) is 6.34. The fraction of sp³-hybridized carbons (Fsp3) is 0.120. The van der Waals surface area contributed by atoms with Gasteiger partial charge in [0.25, 0.3) is 11.8 Å². The van der Waals surface area contributed by atoms with Crippen molar-refractivity contribution in [1.82, 2.24) is 15.2 Å². The fourth-order valence-electron chi connectivity index (χ4n) is 3.52. The van der Waals surface area contributed by atoms with Gasteiger partial charge in [0.1, 0.15) is 5.69 Å². The first-order valence-electron chi connectivity index (χ1n) is 10.1. The lowest BCUT2D eigenvalue weighted by Gasteiger charge is -2.12. The molecular weight excluding hydrogens is 410 g/mol.